The predicted molar refractivity (Wildman–Crippen MR) is 83.4 cm³/mol. The highest BCUT2D eigenvalue weighted by Crippen LogP contribution is 2.31. The highest BCUT2D eigenvalue weighted by Gasteiger charge is 2.17. The lowest BCUT2D eigenvalue weighted by molar-refractivity contribution is 0.112. The number of hydrogen-bond donors (Lipinski definition) is 1. The summed E-state index contributed by atoms with van der Waals surface area (Å²) in [5, 5.41) is 0.597. The van der Waals surface area contributed by atoms with E-state index in [1.54, 1.807) is 0 Å². The number of nitrogens with two attached hydrogens (primary N) is 1. The average molecular weight is 298 g/mol. The Morgan fingerprint density at radius 3 is 2.91 bits per heavy atom. The van der Waals surface area contributed by atoms with Crippen molar-refractivity contribution in [2.24, 2.45) is 0 Å². The molecule has 0 fully saturated rings. The van der Waals surface area contributed by atoms with Gasteiger partial charge in [-0.15, -0.1) is 0 Å². The van der Waals surface area contributed by atoms with Crippen molar-refractivity contribution in [1.29, 1.82) is 0 Å². The second kappa shape index (κ2) is 5.14. The smallest absolute Gasteiger partial charge is 0.222 e. The lowest BCUT2D eigenvalue weighted by Crippen LogP contribution is -2.07. The molecule has 110 valence electrons. The second-order valence-corrected chi connectivity index (χ2v) is 4.83. The van der Waals surface area contributed by atoms with Crippen LogP contribution in [-0.4, -0.2) is 35.8 Å². The first kappa shape index (κ1) is 14.1. The maximum atomic E-state index is 14.1. The molecule has 0 saturated heterocycles. The second-order valence-electron chi connectivity index (χ2n) is 4.83. The van der Waals surface area contributed by atoms with E-state index in [4.69, 9.17) is 10.5 Å². The first-order valence-corrected chi connectivity index (χ1v) is 6.48. The van der Waals surface area contributed by atoms with Crippen LogP contribution >= 0.6 is 0 Å². The van der Waals surface area contributed by atoms with E-state index in [-0.39, 0.29) is 11.8 Å². The molecule has 0 radical (unpaired) electrons. The summed E-state index contributed by atoms with van der Waals surface area (Å²) < 4.78 is 20.9. The fourth-order valence-electron chi connectivity index (χ4n) is 2.45. The predicted octanol–water partition coefficient (Wildman–Crippen LogP) is 0.221. The molecule has 3 aromatic rings. The number of aldehydes is 1. The molecule has 3 rings (SSSR count). The van der Waals surface area contributed by atoms with Gasteiger partial charge in [-0.3, -0.25) is 9.36 Å². The van der Waals surface area contributed by atoms with Gasteiger partial charge in [-0.2, -0.15) is 4.98 Å². The molecule has 22 heavy (non-hydrogen) atoms. The van der Waals surface area contributed by atoms with Crippen LogP contribution in [0.5, 0.6) is 5.75 Å². The molecular formula is C14H12BFN4O2. The van der Waals surface area contributed by atoms with E-state index in [9.17, 15) is 9.18 Å². The van der Waals surface area contributed by atoms with Crippen molar-refractivity contribution in [2.75, 3.05) is 12.8 Å². The minimum Gasteiger partial charge on any atom is -0.496 e. The minimum absolute atomic E-state index is 0.0155. The van der Waals surface area contributed by atoms with Crippen molar-refractivity contribution >= 4 is 36.4 Å². The number of nitrogens with zero attached hydrogens (tertiary/aromatic N) is 3. The molecule has 0 unspecified atom stereocenters. The summed E-state index contributed by atoms with van der Waals surface area (Å²) in [7, 11) is 3.40. The highest BCUT2D eigenvalue weighted by molar-refractivity contribution is 6.33. The van der Waals surface area contributed by atoms with E-state index in [1.165, 1.54) is 17.9 Å². The topological polar surface area (TPSA) is 83.0 Å². The van der Waals surface area contributed by atoms with Gasteiger partial charge in [0.15, 0.2) is 17.9 Å². The SMILES string of the molecule is Bc1cc(OC)c2c(C=O)cn(-c3nc(N)ncc3F)c2c1. The van der Waals surface area contributed by atoms with Crippen molar-refractivity contribution in [3.8, 4) is 11.6 Å². The molecule has 2 aromatic heterocycles. The molecule has 0 aliphatic heterocycles. The fraction of sp³-hybridized carbons (Fsp3) is 0.0714. The quantitative estimate of drug-likeness (QED) is 0.552. The number of methoxy groups -OCH3 is 1. The van der Waals surface area contributed by atoms with Crippen molar-refractivity contribution in [2.45, 2.75) is 0 Å². The Morgan fingerprint density at radius 2 is 2.23 bits per heavy atom. The van der Waals surface area contributed by atoms with E-state index in [2.05, 4.69) is 9.97 Å². The summed E-state index contributed by atoms with van der Waals surface area (Å²) in [6.07, 6.45) is 3.20. The molecule has 8 heteroatoms. The van der Waals surface area contributed by atoms with Crippen molar-refractivity contribution < 1.29 is 13.9 Å². The standard InChI is InChI=1S/C14H12BFN4O2/c1-22-11-3-8(15)2-10-12(11)7(6-21)5-20(10)13-9(16)4-18-14(17)19-13/h2-6H,15H2,1H3,(H2,17,18,19). The molecule has 2 heterocycles. The molecule has 0 bridgehead atoms. The van der Waals surface area contributed by atoms with Gasteiger partial charge in [-0.25, -0.2) is 9.37 Å². The van der Waals surface area contributed by atoms with Gasteiger partial charge >= 0.3 is 0 Å². The summed E-state index contributed by atoms with van der Waals surface area (Å²) in [5.74, 6) is -0.161. The van der Waals surface area contributed by atoms with Gasteiger partial charge in [0.25, 0.3) is 0 Å². The average Bonchev–Trinajstić information content (AvgIpc) is 2.87. The number of halogens is 1. The largest absolute Gasteiger partial charge is 0.496 e. The summed E-state index contributed by atoms with van der Waals surface area (Å²) in [6, 6.07) is 3.63. The zero-order valence-corrected chi connectivity index (χ0v) is 12.0. The summed E-state index contributed by atoms with van der Waals surface area (Å²) in [5.41, 5.74) is 7.43. The van der Waals surface area contributed by atoms with Crippen LogP contribution in [0.15, 0.2) is 24.5 Å². The van der Waals surface area contributed by atoms with Crippen LogP contribution in [0, 0.1) is 5.82 Å². The van der Waals surface area contributed by atoms with E-state index < -0.39 is 5.82 Å². The van der Waals surface area contributed by atoms with Crippen LogP contribution < -0.4 is 15.9 Å². The molecule has 0 atom stereocenters. The first-order valence-electron chi connectivity index (χ1n) is 6.48. The zero-order valence-electron chi connectivity index (χ0n) is 12.0. The summed E-state index contributed by atoms with van der Waals surface area (Å²) in [6.45, 7) is 0. The van der Waals surface area contributed by atoms with Gasteiger partial charge in [0.2, 0.25) is 5.95 Å². The van der Waals surface area contributed by atoms with Crippen LogP contribution in [0.1, 0.15) is 10.4 Å². The van der Waals surface area contributed by atoms with Crippen LogP contribution in [0.4, 0.5) is 10.3 Å². The third kappa shape index (κ3) is 2.09. The highest BCUT2D eigenvalue weighted by atomic mass is 19.1. The molecule has 0 aliphatic rings. The molecule has 0 aliphatic carbocycles. The van der Waals surface area contributed by atoms with E-state index >= 15 is 0 Å². The Kier molecular flexibility index (Phi) is 3.28. The number of nitrogen functional groups attached to an aromatic ring is 1. The zero-order chi connectivity index (χ0) is 15.9. The van der Waals surface area contributed by atoms with Crippen LogP contribution in [0.2, 0.25) is 0 Å². The lowest BCUT2D eigenvalue weighted by Gasteiger charge is -2.08. The molecule has 2 N–H and O–H groups in total. The Hall–Kier alpha value is -2.90. The maximum Gasteiger partial charge on any atom is 0.222 e. The number of aromatic nitrogens is 3. The van der Waals surface area contributed by atoms with Crippen molar-refractivity contribution in [3.05, 3.63) is 35.9 Å². The minimum atomic E-state index is -0.635. The van der Waals surface area contributed by atoms with Gasteiger partial charge in [0.05, 0.1) is 24.2 Å². The van der Waals surface area contributed by atoms with Gasteiger partial charge in [0.1, 0.15) is 13.6 Å². The molecular weight excluding hydrogens is 286 g/mol. The Bertz CT molecular complexity index is 894. The van der Waals surface area contributed by atoms with Gasteiger partial charge in [-0.05, 0) is 12.1 Å². The van der Waals surface area contributed by atoms with E-state index in [1.807, 2.05) is 20.0 Å². The maximum absolute atomic E-state index is 14.1. The van der Waals surface area contributed by atoms with E-state index in [0.29, 0.717) is 28.5 Å². The van der Waals surface area contributed by atoms with Crippen LogP contribution in [-0.2, 0) is 0 Å². The number of ether oxygens (including phenoxy) is 1. The van der Waals surface area contributed by atoms with Gasteiger partial charge < -0.3 is 10.5 Å². The number of carbonyl (C=O) groups excluding carboxylic acids is 1. The number of rotatable bonds is 3. The first-order chi connectivity index (χ1) is 10.5. The number of hydrogen-bond acceptors (Lipinski definition) is 5. The third-order valence-electron chi connectivity index (χ3n) is 3.36. The third-order valence-corrected chi connectivity index (χ3v) is 3.36. The van der Waals surface area contributed by atoms with Crippen molar-refractivity contribution in [1.82, 2.24) is 14.5 Å². The summed E-state index contributed by atoms with van der Waals surface area (Å²) in [4.78, 5) is 18.9. The van der Waals surface area contributed by atoms with Crippen LogP contribution in [0.25, 0.3) is 16.7 Å². The molecule has 0 spiro atoms. The van der Waals surface area contributed by atoms with Crippen molar-refractivity contribution in [3.63, 3.8) is 0 Å². The Morgan fingerprint density at radius 1 is 1.45 bits per heavy atom. The van der Waals surface area contributed by atoms with Gasteiger partial charge in [-0.1, -0.05) is 5.46 Å². The van der Waals surface area contributed by atoms with Gasteiger partial charge in [0, 0.05) is 11.8 Å². The monoisotopic (exact) mass is 298 g/mol. The molecule has 6 nitrogen and oxygen atoms in total. The molecule has 0 amide bonds. The number of anilines is 1. The van der Waals surface area contributed by atoms with E-state index in [0.717, 1.165) is 11.7 Å². The number of carbonyl (C=O) groups is 1. The Balaban J connectivity index is 2.42. The Labute approximate surface area is 126 Å². The lowest BCUT2D eigenvalue weighted by atomic mass is 9.94. The number of benzene rings is 1. The summed E-state index contributed by atoms with van der Waals surface area (Å²) >= 11 is 0. The normalized spacial score (nSPS) is 10.8. The van der Waals surface area contributed by atoms with Crippen LogP contribution in [0.3, 0.4) is 0 Å². The fourth-order valence-corrected chi connectivity index (χ4v) is 2.45. The molecule has 0 saturated carbocycles. The number of fused-ring (bicyclic) bond motifs is 1. The molecule has 1 aromatic carbocycles.